The van der Waals surface area contributed by atoms with E-state index in [0.717, 1.165) is 25.7 Å². The van der Waals surface area contributed by atoms with E-state index in [1.54, 1.807) is 18.2 Å². The molecule has 3 heteroatoms. The number of halogens is 1. The summed E-state index contributed by atoms with van der Waals surface area (Å²) in [4.78, 5) is 0. The third kappa shape index (κ3) is 2.48. The Morgan fingerprint density at radius 1 is 1.20 bits per heavy atom. The highest BCUT2D eigenvalue weighted by molar-refractivity contribution is 5.24. The zero-order valence-corrected chi connectivity index (χ0v) is 8.53. The zero-order chi connectivity index (χ0) is 10.7. The Morgan fingerprint density at radius 2 is 1.93 bits per heavy atom. The third-order valence-electron chi connectivity index (χ3n) is 2.78. The largest absolute Gasteiger partial charge is 0.485 e. The van der Waals surface area contributed by atoms with Gasteiger partial charge in [-0.15, -0.1) is 0 Å². The van der Waals surface area contributed by atoms with E-state index < -0.39 is 6.10 Å². The van der Waals surface area contributed by atoms with Gasteiger partial charge in [-0.05, 0) is 31.4 Å². The summed E-state index contributed by atoms with van der Waals surface area (Å²) in [6, 6.07) is 6.31. The van der Waals surface area contributed by atoms with Crippen LogP contribution in [0.5, 0.6) is 5.75 Å². The lowest BCUT2D eigenvalue weighted by molar-refractivity contribution is 0.00500. The number of rotatable bonds is 2. The van der Waals surface area contributed by atoms with Crippen LogP contribution in [0.2, 0.25) is 0 Å². The maximum atomic E-state index is 13.3. The molecule has 0 aliphatic heterocycles. The summed E-state index contributed by atoms with van der Waals surface area (Å²) >= 11 is 0. The van der Waals surface area contributed by atoms with Gasteiger partial charge in [-0.1, -0.05) is 18.6 Å². The van der Waals surface area contributed by atoms with Crippen LogP contribution in [0.15, 0.2) is 24.3 Å². The quantitative estimate of drug-likeness (QED) is 0.812. The number of hydrogen-bond donors (Lipinski definition) is 1. The van der Waals surface area contributed by atoms with Crippen LogP contribution in [0.25, 0.3) is 0 Å². The molecule has 1 N–H and O–H groups in total. The molecule has 0 unspecified atom stereocenters. The molecule has 1 aliphatic carbocycles. The van der Waals surface area contributed by atoms with Gasteiger partial charge in [-0.25, -0.2) is 4.39 Å². The van der Waals surface area contributed by atoms with Gasteiger partial charge in [0.05, 0.1) is 6.10 Å². The molecule has 0 spiro atoms. The van der Waals surface area contributed by atoms with Crippen molar-refractivity contribution < 1.29 is 14.2 Å². The molecule has 2 atom stereocenters. The van der Waals surface area contributed by atoms with Gasteiger partial charge in [-0.3, -0.25) is 0 Å². The summed E-state index contributed by atoms with van der Waals surface area (Å²) in [7, 11) is 0. The molecule has 1 aromatic carbocycles. The number of para-hydroxylation sites is 1. The van der Waals surface area contributed by atoms with Crippen LogP contribution < -0.4 is 4.74 Å². The summed E-state index contributed by atoms with van der Waals surface area (Å²) in [5.74, 6) is -0.126. The molecular formula is C12H15FO2. The van der Waals surface area contributed by atoms with Crippen LogP contribution in [0, 0.1) is 5.82 Å². The van der Waals surface area contributed by atoms with E-state index in [0.29, 0.717) is 0 Å². The van der Waals surface area contributed by atoms with E-state index >= 15 is 0 Å². The summed E-state index contributed by atoms with van der Waals surface area (Å²) in [6.45, 7) is 0. The molecule has 2 rings (SSSR count). The number of aliphatic hydroxyl groups is 1. The first kappa shape index (κ1) is 10.4. The maximum Gasteiger partial charge on any atom is 0.165 e. The summed E-state index contributed by atoms with van der Waals surface area (Å²) in [5, 5.41) is 9.67. The van der Waals surface area contributed by atoms with E-state index in [4.69, 9.17) is 4.74 Å². The van der Waals surface area contributed by atoms with E-state index in [2.05, 4.69) is 0 Å². The molecule has 2 nitrogen and oxygen atoms in total. The van der Waals surface area contributed by atoms with Crippen LogP contribution in [-0.2, 0) is 0 Å². The molecule has 0 saturated heterocycles. The molecule has 1 aliphatic rings. The summed E-state index contributed by atoms with van der Waals surface area (Å²) in [5.41, 5.74) is 0. The standard InChI is InChI=1S/C12H15FO2/c13-9-5-1-3-7-11(9)15-12-8-4-2-6-10(12)14/h1,3,5,7,10,12,14H,2,4,6,8H2/t10-,12-/m1/s1. The summed E-state index contributed by atoms with van der Waals surface area (Å²) in [6.07, 6.45) is 2.90. The van der Waals surface area contributed by atoms with Crippen molar-refractivity contribution in [2.45, 2.75) is 37.9 Å². The highest BCUT2D eigenvalue weighted by Crippen LogP contribution is 2.25. The second-order valence-corrected chi connectivity index (χ2v) is 3.94. The van der Waals surface area contributed by atoms with Gasteiger partial charge < -0.3 is 9.84 Å². The molecule has 0 bridgehead atoms. The van der Waals surface area contributed by atoms with Gasteiger partial charge in [0, 0.05) is 0 Å². The lowest BCUT2D eigenvalue weighted by Gasteiger charge is -2.28. The van der Waals surface area contributed by atoms with Crippen LogP contribution >= 0.6 is 0 Å². The molecule has 0 radical (unpaired) electrons. The van der Waals surface area contributed by atoms with Crippen LogP contribution in [0.4, 0.5) is 4.39 Å². The number of hydrogen-bond acceptors (Lipinski definition) is 2. The molecule has 0 heterocycles. The minimum Gasteiger partial charge on any atom is -0.485 e. The molecule has 1 saturated carbocycles. The van der Waals surface area contributed by atoms with Crippen LogP contribution in [0.1, 0.15) is 25.7 Å². The second-order valence-electron chi connectivity index (χ2n) is 3.94. The van der Waals surface area contributed by atoms with Crippen molar-refractivity contribution >= 4 is 0 Å². The van der Waals surface area contributed by atoms with Crippen molar-refractivity contribution in [3.8, 4) is 5.75 Å². The lowest BCUT2D eigenvalue weighted by atomic mass is 9.95. The number of benzene rings is 1. The average molecular weight is 210 g/mol. The topological polar surface area (TPSA) is 29.5 Å². The van der Waals surface area contributed by atoms with Gasteiger partial charge in [0.2, 0.25) is 0 Å². The molecule has 82 valence electrons. The predicted molar refractivity (Wildman–Crippen MR) is 55.3 cm³/mol. The minimum atomic E-state index is -0.460. The fraction of sp³-hybridized carbons (Fsp3) is 0.500. The molecule has 0 amide bonds. The average Bonchev–Trinajstić information content (AvgIpc) is 2.24. The molecular weight excluding hydrogens is 195 g/mol. The first-order chi connectivity index (χ1) is 7.27. The minimum absolute atomic E-state index is 0.239. The fourth-order valence-corrected chi connectivity index (χ4v) is 1.92. The smallest absolute Gasteiger partial charge is 0.165 e. The van der Waals surface area contributed by atoms with E-state index in [1.165, 1.54) is 6.07 Å². The third-order valence-corrected chi connectivity index (χ3v) is 2.78. The van der Waals surface area contributed by atoms with E-state index in [1.807, 2.05) is 0 Å². The normalized spacial score (nSPS) is 26.3. The van der Waals surface area contributed by atoms with Gasteiger partial charge >= 0.3 is 0 Å². The lowest BCUT2D eigenvalue weighted by Crippen LogP contribution is -2.34. The Morgan fingerprint density at radius 3 is 2.67 bits per heavy atom. The van der Waals surface area contributed by atoms with Crippen molar-refractivity contribution in [3.05, 3.63) is 30.1 Å². The highest BCUT2D eigenvalue weighted by Gasteiger charge is 2.25. The molecule has 1 fully saturated rings. The maximum absolute atomic E-state index is 13.3. The number of aliphatic hydroxyl groups excluding tert-OH is 1. The van der Waals surface area contributed by atoms with Gasteiger partial charge in [0.25, 0.3) is 0 Å². The van der Waals surface area contributed by atoms with Crippen LogP contribution in [-0.4, -0.2) is 17.3 Å². The van der Waals surface area contributed by atoms with Crippen LogP contribution in [0.3, 0.4) is 0 Å². The SMILES string of the molecule is O[C@@H]1CCCC[C@H]1Oc1ccccc1F. The second kappa shape index (κ2) is 4.62. The van der Waals surface area contributed by atoms with Gasteiger partial charge in [-0.2, -0.15) is 0 Å². The van der Waals surface area contributed by atoms with Crippen molar-refractivity contribution in [3.63, 3.8) is 0 Å². The Labute approximate surface area is 88.7 Å². The Bertz CT molecular complexity index is 327. The van der Waals surface area contributed by atoms with Crippen molar-refractivity contribution in [1.82, 2.24) is 0 Å². The zero-order valence-electron chi connectivity index (χ0n) is 8.53. The first-order valence-electron chi connectivity index (χ1n) is 5.36. The van der Waals surface area contributed by atoms with Crippen molar-refractivity contribution in [1.29, 1.82) is 0 Å². The molecule has 15 heavy (non-hydrogen) atoms. The van der Waals surface area contributed by atoms with Crippen molar-refractivity contribution in [2.75, 3.05) is 0 Å². The first-order valence-corrected chi connectivity index (χ1v) is 5.36. The van der Waals surface area contributed by atoms with Gasteiger partial charge in [0.1, 0.15) is 6.10 Å². The monoisotopic (exact) mass is 210 g/mol. The Hall–Kier alpha value is -1.09. The van der Waals surface area contributed by atoms with E-state index in [-0.39, 0.29) is 17.7 Å². The predicted octanol–water partition coefficient (Wildman–Crippen LogP) is 2.51. The Balaban J connectivity index is 2.04. The number of ether oxygens (including phenoxy) is 1. The summed E-state index contributed by atoms with van der Waals surface area (Å²) < 4.78 is 18.7. The molecule has 0 aromatic heterocycles. The molecule has 1 aromatic rings. The van der Waals surface area contributed by atoms with Crippen molar-refractivity contribution in [2.24, 2.45) is 0 Å². The van der Waals surface area contributed by atoms with E-state index in [9.17, 15) is 9.50 Å². The Kier molecular flexibility index (Phi) is 3.21. The highest BCUT2D eigenvalue weighted by atomic mass is 19.1. The fourth-order valence-electron chi connectivity index (χ4n) is 1.92. The van der Waals surface area contributed by atoms with Gasteiger partial charge in [0.15, 0.2) is 11.6 Å².